The third-order valence-electron chi connectivity index (χ3n) is 7.10. The fourth-order valence-electron chi connectivity index (χ4n) is 5.18. The maximum atomic E-state index is 13.9. The summed E-state index contributed by atoms with van der Waals surface area (Å²) < 4.78 is 11.8. The molecule has 2 aromatic heterocycles. The predicted octanol–water partition coefficient (Wildman–Crippen LogP) is 3.76. The molecule has 2 unspecified atom stereocenters. The van der Waals surface area contributed by atoms with Gasteiger partial charge < -0.3 is 14.8 Å². The second-order valence-corrected chi connectivity index (χ2v) is 11.6. The van der Waals surface area contributed by atoms with Crippen LogP contribution >= 0.6 is 23.1 Å². The SMILES string of the molecule is COc1ccc(NC(=O)Cn2c3c(sc2=O)[C@H](c2cccnc2)C2C(=O)N(c4ccc(OC)cc4)C(=O)C2S3)cc1. The molecule has 4 heterocycles. The van der Waals surface area contributed by atoms with Crippen LogP contribution in [0.1, 0.15) is 16.4 Å². The van der Waals surface area contributed by atoms with E-state index in [1.54, 1.807) is 81.2 Å². The van der Waals surface area contributed by atoms with Gasteiger partial charge in [-0.15, -0.1) is 0 Å². The van der Waals surface area contributed by atoms with Gasteiger partial charge in [0.05, 0.1) is 30.9 Å². The Labute approximate surface area is 242 Å². The van der Waals surface area contributed by atoms with Crippen LogP contribution in [0.5, 0.6) is 11.5 Å². The highest BCUT2D eigenvalue weighted by molar-refractivity contribution is 8.00. The first-order chi connectivity index (χ1) is 19.9. The molecule has 1 saturated heterocycles. The van der Waals surface area contributed by atoms with Gasteiger partial charge in [-0.3, -0.25) is 28.7 Å². The third kappa shape index (κ3) is 4.78. The van der Waals surface area contributed by atoms with Crippen molar-refractivity contribution in [1.82, 2.24) is 9.55 Å². The van der Waals surface area contributed by atoms with Crippen molar-refractivity contribution < 1.29 is 23.9 Å². The van der Waals surface area contributed by atoms with E-state index in [4.69, 9.17) is 9.47 Å². The monoisotopic (exact) mass is 588 g/mol. The lowest BCUT2D eigenvalue weighted by molar-refractivity contribution is -0.122. The van der Waals surface area contributed by atoms with Crippen molar-refractivity contribution in [2.24, 2.45) is 5.92 Å². The van der Waals surface area contributed by atoms with Crippen LogP contribution in [-0.4, -0.2) is 46.7 Å². The van der Waals surface area contributed by atoms with Gasteiger partial charge in [0.1, 0.15) is 23.3 Å². The first-order valence-electron chi connectivity index (χ1n) is 12.7. The summed E-state index contributed by atoms with van der Waals surface area (Å²) in [7, 11) is 3.10. The second kappa shape index (κ2) is 10.9. The number of aromatic nitrogens is 2. The third-order valence-corrected chi connectivity index (χ3v) is 9.70. The maximum Gasteiger partial charge on any atom is 0.308 e. The Morgan fingerprint density at radius 2 is 1.63 bits per heavy atom. The molecular weight excluding hydrogens is 564 g/mol. The van der Waals surface area contributed by atoms with E-state index in [1.165, 1.54) is 9.47 Å². The number of thioether (sulfide) groups is 1. The number of imide groups is 1. The first-order valence-corrected chi connectivity index (χ1v) is 14.3. The Kier molecular flexibility index (Phi) is 7.10. The topological polar surface area (TPSA) is 120 Å². The molecular formula is C29H24N4O6S2. The Hall–Kier alpha value is -4.42. The minimum Gasteiger partial charge on any atom is -0.497 e. The minimum absolute atomic E-state index is 0.245. The number of carbonyl (C=O) groups excluding carboxylic acids is 3. The molecule has 0 radical (unpaired) electrons. The van der Waals surface area contributed by atoms with Crippen molar-refractivity contribution in [1.29, 1.82) is 0 Å². The summed E-state index contributed by atoms with van der Waals surface area (Å²) in [5.74, 6) is -1.18. The number of fused-ring (bicyclic) bond motifs is 2. The van der Waals surface area contributed by atoms with E-state index in [-0.39, 0.29) is 23.2 Å². The average molecular weight is 589 g/mol. The van der Waals surface area contributed by atoms with Crippen molar-refractivity contribution in [3.8, 4) is 11.5 Å². The molecule has 2 aliphatic heterocycles. The molecule has 0 spiro atoms. The van der Waals surface area contributed by atoms with E-state index in [9.17, 15) is 19.2 Å². The van der Waals surface area contributed by atoms with E-state index >= 15 is 0 Å². The normalized spacial score (nSPS) is 19.5. The summed E-state index contributed by atoms with van der Waals surface area (Å²) in [4.78, 5) is 59.7. The average Bonchev–Trinajstić information content (AvgIpc) is 3.44. The van der Waals surface area contributed by atoms with Crippen LogP contribution in [0.25, 0.3) is 0 Å². The quantitative estimate of drug-likeness (QED) is 0.324. The van der Waals surface area contributed by atoms with Gasteiger partial charge in [-0.25, -0.2) is 4.90 Å². The largest absolute Gasteiger partial charge is 0.497 e. The van der Waals surface area contributed by atoms with Crippen molar-refractivity contribution in [3.05, 3.63) is 93.2 Å². The van der Waals surface area contributed by atoms with Gasteiger partial charge in [0, 0.05) is 28.9 Å². The lowest BCUT2D eigenvalue weighted by Gasteiger charge is -2.30. The molecule has 10 nitrogen and oxygen atoms in total. The highest BCUT2D eigenvalue weighted by Gasteiger charge is 2.56. The number of methoxy groups -OCH3 is 2. The zero-order chi connectivity index (χ0) is 28.7. The van der Waals surface area contributed by atoms with Gasteiger partial charge in [-0.05, 0) is 60.2 Å². The molecule has 0 bridgehead atoms. The molecule has 6 rings (SSSR count). The summed E-state index contributed by atoms with van der Waals surface area (Å²) in [6, 6.07) is 17.2. The number of pyridine rings is 1. The van der Waals surface area contributed by atoms with Crippen LogP contribution < -0.4 is 24.6 Å². The fourth-order valence-corrected chi connectivity index (χ4v) is 7.95. The summed E-state index contributed by atoms with van der Waals surface area (Å²) in [6.07, 6.45) is 3.28. The van der Waals surface area contributed by atoms with Gasteiger partial charge in [0.25, 0.3) is 0 Å². The molecule has 2 aromatic carbocycles. The Balaban J connectivity index is 1.36. The summed E-state index contributed by atoms with van der Waals surface area (Å²) in [6.45, 7) is -0.245. The molecule has 1 N–H and O–H groups in total. The number of hydrogen-bond acceptors (Lipinski definition) is 9. The van der Waals surface area contributed by atoms with Crippen molar-refractivity contribution >= 4 is 52.2 Å². The fraction of sp³-hybridized carbons (Fsp3) is 0.207. The Morgan fingerprint density at radius 1 is 0.951 bits per heavy atom. The number of hydrogen-bond donors (Lipinski definition) is 1. The maximum absolute atomic E-state index is 13.9. The Bertz CT molecular complexity index is 1690. The van der Waals surface area contributed by atoms with Crippen molar-refractivity contribution in [3.63, 3.8) is 0 Å². The molecule has 2 aliphatic rings. The van der Waals surface area contributed by atoms with E-state index in [0.29, 0.717) is 32.8 Å². The molecule has 0 aliphatic carbocycles. The number of amides is 3. The highest BCUT2D eigenvalue weighted by atomic mass is 32.2. The molecule has 12 heteroatoms. The lowest BCUT2D eigenvalue weighted by Crippen LogP contribution is -2.33. The number of nitrogens with one attached hydrogen (secondary N) is 1. The van der Waals surface area contributed by atoms with Gasteiger partial charge in [0.15, 0.2) is 0 Å². The first kappa shape index (κ1) is 26.8. The number of carbonyl (C=O) groups is 3. The van der Waals surface area contributed by atoms with E-state index in [2.05, 4.69) is 10.3 Å². The van der Waals surface area contributed by atoms with Crippen molar-refractivity contribution in [2.75, 3.05) is 24.4 Å². The standard InChI is InChI=1S/C29H24N4O6S2/c1-38-19-9-5-17(6-10-19)31-21(34)15-32-28-25(41-29(32)37)22(16-4-3-13-30-14-16)23-24(40-28)27(36)33(26(23)35)18-7-11-20(39-2)12-8-18/h3-14,22-24H,15H2,1-2H3,(H,31,34)/t22-,23?,24?/m1/s1. The zero-order valence-electron chi connectivity index (χ0n) is 22.0. The van der Waals surface area contributed by atoms with Gasteiger partial charge in [0.2, 0.25) is 17.7 Å². The number of nitrogens with zero attached hydrogens (tertiary/aromatic N) is 3. The number of rotatable bonds is 7. The van der Waals surface area contributed by atoms with Crippen LogP contribution in [0, 0.1) is 5.92 Å². The highest BCUT2D eigenvalue weighted by Crippen LogP contribution is 2.53. The molecule has 3 atom stereocenters. The smallest absolute Gasteiger partial charge is 0.308 e. The van der Waals surface area contributed by atoms with Crippen LogP contribution in [0.3, 0.4) is 0 Å². The summed E-state index contributed by atoms with van der Waals surface area (Å²) in [5.41, 5.74) is 1.72. The van der Waals surface area contributed by atoms with Crippen LogP contribution in [0.2, 0.25) is 0 Å². The van der Waals surface area contributed by atoms with Crippen LogP contribution in [0.4, 0.5) is 11.4 Å². The Morgan fingerprint density at radius 3 is 2.27 bits per heavy atom. The number of anilines is 2. The predicted molar refractivity (Wildman–Crippen MR) is 155 cm³/mol. The summed E-state index contributed by atoms with van der Waals surface area (Å²) >= 11 is 2.16. The van der Waals surface area contributed by atoms with E-state index in [1.807, 2.05) is 6.07 Å². The number of ether oxygens (including phenoxy) is 2. The molecule has 41 heavy (non-hydrogen) atoms. The number of benzene rings is 2. The summed E-state index contributed by atoms with van der Waals surface area (Å²) in [5, 5.41) is 2.53. The van der Waals surface area contributed by atoms with Crippen LogP contribution in [-0.2, 0) is 20.9 Å². The minimum atomic E-state index is -0.785. The molecule has 208 valence electrons. The molecule has 4 aromatic rings. The van der Waals surface area contributed by atoms with Gasteiger partial charge in [-0.2, -0.15) is 0 Å². The van der Waals surface area contributed by atoms with Crippen molar-refractivity contribution in [2.45, 2.75) is 22.7 Å². The van der Waals surface area contributed by atoms with Crippen LogP contribution in [0.15, 0.2) is 82.9 Å². The van der Waals surface area contributed by atoms with E-state index < -0.39 is 23.0 Å². The molecule has 3 amide bonds. The van der Waals surface area contributed by atoms with Gasteiger partial charge >= 0.3 is 4.87 Å². The second-order valence-electron chi connectivity index (χ2n) is 9.44. The van der Waals surface area contributed by atoms with E-state index in [0.717, 1.165) is 28.7 Å². The molecule has 1 fully saturated rings. The lowest BCUT2D eigenvalue weighted by atomic mass is 9.84. The number of thiazole rings is 1. The zero-order valence-corrected chi connectivity index (χ0v) is 23.6. The molecule has 0 saturated carbocycles. The van der Waals surface area contributed by atoms with Gasteiger partial charge in [-0.1, -0.05) is 29.2 Å².